The van der Waals surface area contributed by atoms with E-state index in [1.165, 1.54) is 0 Å². The van der Waals surface area contributed by atoms with Crippen molar-refractivity contribution in [2.45, 2.75) is 33.1 Å². The Hall–Kier alpha value is -1.89. The Balaban J connectivity index is 1.95. The Morgan fingerprint density at radius 3 is 2.81 bits per heavy atom. The van der Waals surface area contributed by atoms with Crippen molar-refractivity contribution < 1.29 is 4.74 Å². The first-order valence-electron chi connectivity index (χ1n) is 7.61. The third-order valence-corrected chi connectivity index (χ3v) is 3.02. The highest BCUT2D eigenvalue weighted by Gasteiger charge is 2.08. The van der Waals surface area contributed by atoms with Gasteiger partial charge in [-0.1, -0.05) is 20.3 Å². The lowest BCUT2D eigenvalue weighted by molar-refractivity contribution is 0.141. The van der Waals surface area contributed by atoms with Crippen LogP contribution in [0.5, 0.6) is 0 Å². The first-order valence-corrected chi connectivity index (χ1v) is 7.61. The van der Waals surface area contributed by atoms with Gasteiger partial charge in [-0.15, -0.1) is 0 Å². The molecular formula is C14H24N6O. The molecular weight excluding hydrogens is 268 g/mol. The molecule has 0 radical (unpaired) electrons. The molecule has 116 valence electrons. The van der Waals surface area contributed by atoms with E-state index in [4.69, 9.17) is 4.74 Å². The molecule has 2 heterocycles. The molecule has 2 aromatic rings. The molecule has 7 nitrogen and oxygen atoms in total. The van der Waals surface area contributed by atoms with Gasteiger partial charge in [0, 0.05) is 19.7 Å². The van der Waals surface area contributed by atoms with Crippen molar-refractivity contribution in [3.63, 3.8) is 0 Å². The van der Waals surface area contributed by atoms with E-state index in [0.717, 1.165) is 49.3 Å². The lowest BCUT2D eigenvalue weighted by Crippen LogP contribution is -2.13. The maximum atomic E-state index is 5.54. The van der Waals surface area contributed by atoms with Crippen molar-refractivity contribution in [1.29, 1.82) is 0 Å². The van der Waals surface area contributed by atoms with Gasteiger partial charge in [0.15, 0.2) is 5.65 Å². The molecule has 7 heteroatoms. The van der Waals surface area contributed by atoms with Crippen LogP contribution in [0.1, 0.15) is 33.1 Å². The van der Waals surface area contributed by atoms with Crippen LogP contribution >= 0.6 is 0 Å². The molecule has 0 saturated carbocycles. The number of rotatable bonds is 10. The van der Waals surface area contributed by atoms with Crippen LogP contribution in [-0.2, 0) is 4.74 Å². The summed E-state index contributed by atoms with van der Waals surface area (Å²) in [7, 11) is 0. The second-order valence-corrected chi connectivity index (χ2v) is 4.85. The van der Waals surface area contributed by atoms with Crippen molar-refractivity contribution in [1.82, 2.24) is 20.2 Å². The van der Waals surface area contributed by atoms with Gasteiger partial charge in [0.25, 0.3) is 0 Å². The van der Waals surface area contributed by atoms with E-state index in [0.29, 0.717) is 19.1 Å². The summed E-state index contributed by atoms with van der Waals surface area (Å²) in [5, 5.41) is 14.3. The van der Waals surface area contributed by atoms with Crippen LogP contribution in [0.4, 0.5) is 11.8 Å². The number of unbranched alkanes of at least 4 members (excludes halogenated alkanes) is 1. The van der Waals surface area contributed by atoms with E-state index >= 15 is 0 Å². The van der Waals surface area contributed by atoms with Gasteiger partial charge in [-0.05, 0) is 12.8 Å². The molecule has 3 N–H and O–H groups in total. The third-order valence-electron chi connectivity index (χ3n) is 3.02. The minimum atomic E-state index is 0.614. The number of aromatic nitrogens is 4. The summed E-state index contributed by atoms with van der Waals surface area (Å²) in [5.41, 5.74) is 0.734. The lowest BCUT2D eigenvalue weighted by atomic mass is 10.4. The number of nitrogens with zero attached hydrogens (tertiary/aromatic N) is 3. The number of ether oxygens (including phenoxy) is 1. The molecule has 2 rings (SSSR count). The Kier molecular flexibility index (Phi) is 6.21. The summed E-state index contributed by atoms with van der Waals surface area (Å²) in [6.45, 7) is 7.30. The number of fused-ring (bicyclic) bond motifs is 1. The first kappa shape index (κ1) is 15.5. The maximum absolute atomic E-state index is 5.54. The molecule has 0 aromatic carbocycles. The Morgan fingerprint density at radius 2 is 2.00 bits per heavy atom. The zero-order valence-electron chi connectivity index (χ0n) is 12.8. The van der Waals surface area contributed by atoms with Gasteiger partial charge < -0.3 is 15.4 Å². The van der Waals surface area contributed by atoms with Crippen molar-refractivity contribution in [3.05, 3.63) is 6.20 Å². The van der Waals surface area contributed by atoms with Crippen LogP contribution in [-0.4, -0.2) is 46.5 Å². The molecule has 21 heavy (non-hydrogen) atoms. The first-order chi connectivity index (χ1) is 10.3. The predicted octanol–water partition coefficient (Wildman–Crippen LogP) is 2.40. The molecule has 0 fully saturated rings. The van der Waals surface area contributed by atoms with E-state index in [1.54, 1.807) is 6.20 Å². The standard InChI is InChI=1S/C14H24N6O/c1-3-5-8-21-9-7-15-12-11-10-17-20-13(11)19-14(18-12)16-6-4-2/h10H,3-9H2,1-2H3,(H3,15,16,17,18,19,20). The third kappa shape index (κ3) is 4.56. The van der Waals surface area contributed by atoms with Crippen molar-refractivity contribution >= 4 is 22.8 Å². The summed E-state index contributed by atoms with van der Waals surface area (Å²) in [4.78, 5) is 8.89. The van der Waals surface area contributed by atoms with Crippen molar-refractivity contribution in [2.75, 3.05) is 36.9 Å². The van der Waals surface area contributed by atoms with Crippen LogP contribution in [0.25, 0.3) is 11.0 Å². The summed E-state index contributed by atoms with van der Waals surface area (Å²) in [6, 6.07) is 0. The zero-order valence-corrected chi connectivity index (χ0v) is 12.8. The highest BCUT2D eigenvalue weighted by molar-refractivity contribution is 5.86. The van der Waals surface area contributed by atoms with Crippen molar-refractivity contribution in [2.24, 2.45) is 0 Å². The van der Waals surface area contributed by atoms with Gasteiger partial charge in [-0.25, -0.2) is 0 Å². The van der Waals surface area contributed by atoms with Crippen LogP contribution < -0.4 is 10.6 Å². The second kappa shape index (κ2) is 8.41. The lowest BCUT2D eigenvalue weighted by Gasteiger charge is -2.09. The molecule has 0 amide bonds. The second-order valence-electron chi connectivity index (χ2n) is 4.85. The fourth-order valence-corrected chi connectivity index (χ4v) is 1.88. The summed E-state index contributed by atoms with van der Waals surface area (Å²) in [5.74, 6) is 1.40. The van der Waals surface area contributed by atoms with Gasteiger partial charge >= 0.3 is 0 Å². The maximum Gasteiger partial charge on any atom is 0.226 e. The quantitative estimate of drug-likeness (QED) is 0.583. The zero-order chi connectivity index (χ0) is 14.9. The number of H-pyrrole nitrogens is 1. The normalized spacial score (nSPS) is 11.0. The predicted molar refractivity (Wildman–Crippen MR) is 84.7 cm³/mol. The average molecular weight is 292 g/mol. The number of aromatic amines is 1. The fourth-order valence-electron chi connectivity index (χ4n) is 1.88. The summed E-state index contributed by atoms with van der Waals surface area (Å²) < 4.78 is 5.54. The number of anilines is 2. The molecule has 0 saturated heterocycles. The van der Waals surface area contributed by atoms with Crippen molar-refractivity contribution in [3.8, 4) is 0 Å². The molecule has 0 atom stereocenters. The molecule has 0 unspecified atom stereocenters. The monoisotopic (exact) mass is 292 g/mol. The van der Waals surface area contributed by atoms with E-state index < -0.39 is 0 Å². The topological polar surface area (TPSA) is 87.8 Å². The smallest absolute Gasteiger partial charge is 0.226 e. The van der Waals surface area contributed by atoms with Gasteiger partial charge in [0.05, 0.1) is 18.2 Å². The van der Waals surface area contributed by atoms with Gasteiger partial charge in [0.2, 0.25) is 5.95 Å². The Morgan fingerprint density at radius 1 is 1.10 bits per heavy atom. The Bertz CT molecular complexity index is 541. The van der Waals surface area contributed by atoms with E-state index in [1.807, 2.05) is 0 Å². The molecule has 2 aromatic heterocycles. The molecule has 0 aliphatic heterocycles. The SMILES string of the molecule is CCCCOCCNc1nc(NCCC)nc2[nH]ncc12. The van der Waals surface area contributed by atoms with Crippen LogP contribution in [0.15, 0.2) is 6.20 Å². The average Bonchev–Trinajstić information content (AvgIpc) is 2.97. The molecule has 0 bridgehead atoms. The fraction of sp³-hybridized carbons (Fsp3) is 0.643. The summed E-state index contributed by atoms with van der Waals surface area (Å²) in [6.07, 6.45) is 5.02. The van der Waals surface area contributed by atoms with Gasteiger partial charge in [-0.2, -0.15) is 15.1 Å². The minimum Gasteiger partial charge on any atom is -0.380 e. The van der Waals surface area contributed by atoms with Crippen LogP contribution in [0.3, 0.4) is 0 Å². The molecule has 0 aliphatic carbocycles. The molecule has 0 spiro atoms. The van der Waals surface area contributed by atoms with E-state index in [9.17, 15) is 0 Å². The summed E-state index contributed by atoms with van der Waals surface area (Å²) >= 11 is 0. The van der Waals surface area contributed by atoms with Gasteiger partial charge in [-0.3, -0.25) is 5.10 Å². The van der Waals surface area contributed by atoms with Crippen LogP contribution in [0, 0.1) is 0 Å². The van der Waals surface area contributed by atoms with E-state index in [-0.39, 0.29) is 0 Å². The number of hydrogen-bond donors (Lipinski definition) is 3. The molecule has 0 aliphatic rings. The number of nitrogens with one attached hydrogen (secondary N) is 3. The van der Waals surface area contributed by atoms with Gasteiger partial charge in [0.1, 0.15) is 5.82 Å². The van der Waals surface area contributed by atoms with Crippen LogP contribution in [0.2, 0.25) is 0 Å². The largest absolute Gasteiger partial charge is 0.380 e. The van der Waals surface area contributed by atoms with E-state index in [2.05, 4.69) is 44.6 Å². The highest BCUT2D eigenvalue weighted by atomic mass is 16.5. The Labute approximate surface area is 124 Å². The highest BCUT2D eigenvalue weighted by Crippen LogP contribution is 2.19. The minimum absolute atomic E-state index is 0.614. The number of hydrogen-bond acceptors (Lipinski definition) is 6.